The number of benzene rings is 2. The number of fused-ring (bicyclic) bond motifs is 1. The van der Waals surface area contributed by atoms with Crippen LogP contribution < -0.4 is 15.1 Å². The van der Waals surface area contributed by atoms with Crippen molar-refractivity contribution in [3.8, 4) is 0 Å². The molecular formula is C30H41N5. The molecule has 186 valence electrons. The van der Waals surface area contributed by atoms with E-state index in [1.807, 2.05) is 24.3 Å². The minimum absolute atomic E-state index is 0.120. The summed E-state index contributed by atoms with van der Waals surface area (Å²) in [6, 6.07) is 15.0. The van der Waals surface area contributed by atoms with Crippen LogP contribution in [0.1, 0.15) is 50.7 Å². The first-order chi connectivity index (χ1) is 16.7. The number of anilines is 3. The highest BCUT2D eigenvalue weighted by molar-refractivity contribution is 5.79. The standard InChI is InChI=1S/C30H41N5/c1-22(2)15-16-30(4,23(3)35-17-7-8-18-35)25-11-14-27-28(19-25)34(6)29(33(27)5)21-32-26-12-9-24(20-31)10-13-26/h9-14,19-20,29,31-32H,1,3,7-8,15-18,21H2,2,4-6H3. The molecular weight excluding hydrogens is 430 g/mol. The molecule has 0 amide bonds. The van der Waals surface area contributed by atoms with Crippen molar-refractivity contribution in [1.29, 1.82) is 5.41 Å². The molecule has 2 aliphatic rings. The molecule has 1 saturated heterocycles. The molecule has 0 radical (unpaired) electrons. The van der Waals surface area contributed by atoms with Gasteiger partial charge in [0.15, 0.2) is 0 Å². The summed E-state index contributed by atoms with van der Waals surface area (Å²) < 4.78 is 0. The second-order valence-electron chi connectivity index (χ2n) is 10.5. The van der Waals surface area contributed by atoms with Crippen LogP contribution in [0, 0.1) is 5.41 Å². The molecule has 0 aromatic heterocycles. The van der Waals surface area contributed by atoms with Crippen molar-refractivity contribution in [3.05, 3.63) is 78.0 Å². The zero-order valence-corrected chi connectivity index (χ0v) is 21.9. The van der Waals surface area contributed by atoms with E-state index in [0.717, 1.165) is 43.7 Å². The largest absolute Gasteiger partial charge is 0.381 e. The number of likely N-dealkylation sites (tertiary alicyclic amines) is 1. The van der Waals surface area contributed by atoms with Crippen LogP contribution in [0.4, 0.5) is 17.1 Å². The molecule has 0 aliphatic carbocycles. The van der Waals surface area contributed by atoms with Gasteiger partial charge in [-0.25, -0.2) is 0 Å². The lowest BCUT2D eigenvalue weighted by Gasteiger charge is -2.38. The van der Waals surface area contributed by atoms with E-state index in [1.54, 1.807) is 0 Å². The number of rotatable bonds is 10. The van der Waals surface area contributed by atoms with Crippen molar-refractivity contribution in [2.75, 3.05) is 48.8 Å². The predicted molar refractivity (Wildman–Crippen MR) is 151 cm³/mol. The van der Waals surface area contributed by atoms with Gasteiger partial charge < -0.3 is 25.4 Å². The number of nitrogens with zero attached hydrogens (tertiary/aromatic N) is 3. The van der Waals surface area contributed by atoms with Crippen LogP contribution in [-0.2, 0) is 5.41 Å². The maximum absolute atomic E-state index is 7.39. The average molecular weight is 472 g/mol. The van der Waals surface area contributed by atoms with E-state index < -0.39 is 0 Å². The summed E-state index contributed by atoms with van der Waals surface area (Å²) in [6.07, 6.45) is 6.12. The van der Waals surface area contributed by atoms with E-state index >= 15 is 0 Å². The Kier molecular flexibility index (Phi) is 7.25. The van der Waals surface area contributed by atoms with Gasteiger partial charge in [0.05, 0.1) is 17.9 Å². The lowest BCUT2D eigenvalue weighted by Crippen LogP contribution is -2.44. The SMILES string of the molecule is C=C(C)CCC(C)(C(=C)N1CCCC1)c1ccc2c(c1)N(C)C(CNc1ccc(C=N)cc1)N2C. The van der Waals surface area contributed by atoms with Gasteiger partial charge in [-0.15, -0.1) is 6.58 Å². The summed E-state index contributed by atoms with van der Waals surface area (Å²) in [5.74, 6) is 0. The Labute approximate surface area is 211 Å². The summed E-state index contributed by atoms with van der Waals surface area (Å²) in [4.78, 5) is 7.24. The highest BCUT2D eigenvalue weighted by atomic mass is 15.4. The van der Waals surface area contributed by atoms with Crippen molar-refractivity contribution in [2.24, 2.45) is 0 Å². The van der Waals surface area contributed by atoms with Gasteiger partial charge >= 0.3 is 0 Å². The Morgan fingerprint density at radius 2 is 1.71 bits per heavy atom. The van der Waals surface area contributed by atoms with Gasteiger partial charge in [0.1, 0.15) is 6.17 Å². The van der Waals surface area contributed by atoms with Gasteiger partial charge in [0, 0.05) is 50.2 Å². The fourth-order valence-corrected chi connectivity index (χ4v) is 5.46. The van der Waals surface area contributed by atoms with E-state index in [4.69, 9.17) is 5.41 Å². The highest BCUT2D eigenvalue weighted by Gasteiger charge is 2.37. The molecule has 0 bridgehead atoms. The molecule has 2 unspecified atom stereocenters. The zero-order chi connectivity index (χ0) is 25.2. The lowest BCUT2D eigenvalue weighted by molar-refractivity contribution is 0.329. The summed E-state index contributed by atoms with van der Waals surface area (Å²) >= 11 is 0. The molecule has 2 N–H and O–H groups in total. The molecule has 1 fully saturated rings. The monoisotopic (exact) mass is 471 g/mol. The van der Waals surface area contributed by atoms with Crippen LogP contribution >= 0.6 is 0 Å². The normalized spacial score (nSPS) is 18.9. The third kappa shape index (κ3) is 4.95. The van der Waals surface area contributed by atoms with Gasteiger partial charge in [0.2, 0.25) is 0 Å². The highest BCUT2D eigenvalue weighted by Crippen LogP contribution is 2.45. The smallest absolute Gasteiger partial charge is 0.119 e. The third-order valence-electron chi connectivity index (χ3n) is 8.01. The molecule has 2 atom stereocenters. The van der Waals surface area contributed by atoms with Gasteiger partial charge in [-0.1, -0.05) is 30.4 Å². The topological polar surface area (TPSA) is 45.6 Å². The molecule has 4 rings (SSSR count). The number of nitrogens with one attached hydrogen (secondary N) is 2. The van der Waals surface area contributed by atoms with Crippen molar-refractivity contribution in [3.63, 3.8) is 0 Å². The Hall–Kier alpha value is -3.21. The summed E-state index contributed by atoms with van der Waals surface area (Å²) in [7, 11) is 4.37. The Bertz CT molecular complexity index is 1080. The first-order valence-electron chi connectivity index (χ1n) is 12.8. The molecule has 2 aromatic rings. The Morgan fingerprint density at radius 1 is 1.06 bits per heavy atom. The van der Waals surface area contributed by atoms with E-state index in [0.29, 0.717) is 0 Å². The number of likely N-dealkylation sites (N-methyl/N-ethyl adjacent to an activating group) is 2. The number of hydrogen-bond acceptors (Lipinski definition) is 5. The van der Waals surface area contributed by atoms with E-state index in [9.17, 15) is 0 Å². The van der Waals surface area contributed by atoms with Crippen LogP contribution in [0.5, 0.6) is 0 Å². The quantitative estimate of drug-likeness (QED) is 0.318. The summed E-state index contributed by atoms with van der Waals surface area (Å²) in [5, 5.41) is 11.0. The molecule has 0 saturated carbocycles. The van der Waals surface area contributed by atoms with Gasteiger partial charge in [-0.2, -0.15) is 0 Å². The van der Waals surface area contributed by atoms with Crippen LogP contribution in [0.25, 0.3) is 0 Å². The minimum atomic E-state index is -0.120. The van der Waals surface area contributed by atoms with Crippen LogP contribution in [0.15, 0.2) is 66.9 Å². The summed E-state index contributed by atoms with van der Waals surface area (Å²) in [6.45, 7) is 16.3. The second kappa shape index (κ2) is 10.2. The maximum Gasteiger partial charge on any atom is 0.119 e. The first-order valence-corrected chi connectivity index (χ1v) is 12.8. The van der Waals surface area contributed by atoms with E-state index in [2.05, 4.69) is 79.3 Å². The Morgan fingerprint density at radius 3 is 2.34 bits per heavy atom. The lowest BCUT2D eigenvalue weighted by atomic mass is 9.74. The average Bonchev–Trinajstić information content (AvgIpc) is 3.48. The van der Waals surface area contributed by atoms with Gasteiger partial charge in [-0.05, 0) is 74.9 Å². The van der Waals surface area contributed by atoms with Crippen LogP contribution in [0.2, 0.25) is 0 Å². The molecule has 2 aromatic carbocycles. The molecule has 35 heavy (non-hydrogen) atoms. The number of allylic oxidation sites excluding steroid dienone is 2. The predicted octanol–water partition coefficient (Wildman–Crippen LogP) is 6.23. The molecule has 5 heteroatoms. The van der Waals surface area contributed by atoms with E-state index in [-0.39, 0.29) is 11.6 Å². The van der Waals surface area contributed by atoms with E-state index in [1.165, 1.54) is 47.3 Å². The molecule has 2 aliphatic heterocycles. The number of hydrogen-bond donors (Lipinski definition) is 2. The fourth-order valence-electron chi connectivity index (χ4n) is 5.46. The molecule has 5 nitrogen and oxygen atoms in total. The summed E-state index contributed by atoms with van der Waals surface area (Å²) in [5.41, 5.74) is 8.21. The molecule has 2 heterocycles. The van der Waals surface area contributed by atoms with Crippen LogP contribution in [-0.4, -0.2) is 51.0 Å². The van der Waals surface area contributed by atoms with Crippen molar-refractivity contribution >= 4 is 23.3 Å². The first kappa shape index (κ1) is 24.9. The van der Waals surface area contributed by atoms with Crippen molar-refractivity contribution < 1.29 is 0 Å². The Balaban J connectivity index is 1.57. The maximum atomic E-state index is 7.39. The fraction of sp³-hybridized carbons (Fsp3) is 0.433. The second-order valence-corrected chi connectivity index (χ2v) is 10.5. The van der Waals surface area contributed by atoms with Crippen molar-refractivity contribution in [2.45, 2.75) is 51.1 Å². The third-order valence-corrected chi connectivity index (χ3v) is 8.01. The minimum Gasteiger partial charge on any atom is -0.381 e. The van der Waals surface area contributed by atoms with Crippen molar-refractivity contribution in [1.82, 2.24) is 4.90 Å². The zero-order valence-electron chi connectivity index (χ0n) is 21.9. The van der Waals surface area contributed by atoms with Gasteiger partial charge in [0.25, 0.3) is 0 Å². The van der Waals surface area contributed by atoms with Crippen LogP contribution in [0.3, 0.4) is 0 Å². The molecule has 0 spiro atoms. The van der Waals surface area contributed by atoms with Gasteiger partial charge in [-0.3, -0.25) is 0 Å².